The van der Waals surface area contributed by atoms with Gasteiger partial charge in [0.25, 0.3) is 0 Å². The van der Waals surface area contributed by atoms with Gasteiger partial charge in [0.2, 0.25) is 5.91 Å². The summed E-state index contributed by atoms with van der Waals surface area (Å²) in [6, 6.07) is 16.5. The third-order valence-corrected chi connectivity index (χ3v) is 6.79. The Balaban J connectivity index is 1.54. The summed E-state index contributed by atoms with van der Waals surface area (Å²) in [6.07, 6.45) is 0.985. The zero-order chi connectivity index (χ0) is 24.5. The zero-order valence-corrected chi connectivity index (χ0v) is 19.2. The summed E-state index contributed by atoms with van der Waals surface area (Å²) >= 11 is 0. The highest BCUT2D eigenvalue weighted by atomic mass is 19.1. The van der Waals surface area contributed by atoms with Crippen molar-refractivity contribution in [3.05, 3.63) is 95.3 Å². The van der Waals surface area contributed by atoms with E-state index < -0.39 is 17.0 Å². The summed E-state index contributed by atoms with van der Waals surface area (Å²) in [4.78, 5) is 27.1. The molecule has 1 aliphatic rings. The Morgan fingerprint density at radius 3 is 2.21 bits per heavy atom. The van der Waals surface area contributed by atoms with Crippen molar-refractivity contribution < 1.29 is 22.8 Å². The molecule has 0 bridgehead atoms. The van der Waals surface area contributed by atoms with Crippen molar-refractivity contribution >= 4 is 11.7 Å². The molecule has 3 nitrogen and oxygen atoms in total. The van der Waals surface area contributed by atoms with Crippen LogP contribution < -0.4 is 0 Å². The van der Waals surface area contributed by atoms with Crippen LogP contribution in [0, 0.1) is 17.5 Å². The largest absolute Gasteiger partial charge is 0.336 e. The van der Waals surface area contributed by atoms with E-state index in [1.807, 2.05) is 19.1 Å². The number of ketones is 1. The molecule has 1 unspecified atom stereocenters. The monoisotopic (exact) mass is 465 g/mol. The van der Waals surface area contributed by atoms with Gasteiger partial charge in [0.1, 0.15) is 23.2 Å². The Labute approximate surface area is 197 Å². The van der Waals surface area contributed by atoms with E-state index in [1.165, 1.54) is 31.2 Å². The highest BCUT2D eigenvalue weighted by Crippen LogP contribution is 2.41. The van der Waals surface area contributed by atoms with E-state index in [4.69, 9.17) is 0 Å². The smallest absolute Gasteiger partial charge is 0.223 e. The number of rotatable bonds is 6. The molecule has 0 spiro atoms. The van der Waals surface area contributed by atoms with Crippen LogP contribution in [0.25, 0.3) is 11.1 Å². The number of piperidine rings is 1. The predicted molar refractivity (Wildman–Crippen MR) is 125 cm³/mol. The van der Waals surface area contributed by atoms with Crippen molar-refractivity contribution in [2.75, 3.05) is 6.54 Å². The number of likely N-dealkylation sites (tertiary alicyclic amines) is 1. The molecule has 0 saturated carbocycles. The van der Waals surface area contributed by atoms with Crippen LogP contribution in [0.1, 0.15) is 50.3 Å². The summed E-state index contributed by atoms with van der Waals surface area (Å²) in [6.45, 7) is 3.90. The van der Waals surface area contributed by atoms with Gasteiger partial charge in [-0.15, -0.1) is 0 Å². The second-order valence-corrected chi connectivity index (χ2v) is 9.10. The van der Waals surface area contributed by atoms with Crippen molar-refractivity contribution in [1.29, 1.82) is 0 Å². The first-order valence-electron chi connectivity index (χ1n) is 11.3. The minimum Gasteiger partial charge on any atom is -0.336 e. The van der Waals surface area contributed by atoms with Gasteiger partial charge < -0.3 is 4.90 Å². The van der Waals surface area contributed by atoms with E-state index in [0.29, 0.717) is 24.1 Å². The molecule has 34 heavy (non-hydrogen) atoms. The number of Topliss-reactive ketones (excluding diaryl/α,β-unsaturated/α-hetero) is 1. The highest BCUT2D eigenvalue weighted by molar-refractivity contribution is 5.83. The Bertz CT molecular complexity index is 1210. The molecule has 4 rings (SSSR count). The molecule has 6 heteroatoms. The SMILES string of the molecule is CC(=O)CC1(c2ccc(F)cc2)CCN([C@@H](C)c2ccc(-c3ccc(F)cc3F)cc2)C(=O)C1. The Hall–Kier alpha value is -3.41. The summed E-state index contributed by atoms with van der Waals surface area (Å²) in [7, 11) is 0. The molecule has 176 valence electrons. The summed E-state index contributed by atoms with van der Waals surface area (Å²) in [5.41, 5.74) is 1.98. The number of carbonyl (C=O) groups excluding carboxylic acids is 2. The molecule has 3 aromatic rings. The van der Waals surface area contributed by atoms with Gasteiger partial charge in [0.05, 0.1) is 6.04 Å². The predicted octanol–water partition coefficient (Wildman–Crippen LogP) is 6.37. The van der Waals surface area contributed by atoms with Gasteiger partial charge in [0.15, 0.2) is 0 Å². The lowest BCUT2D eigenvalue weighted by atomic mass is 9.69. The van der Waals surface area contributed by atoms with Gasteiger partial charge in [-0.3, -0.25) is 9.59 Å². The summed E-state index contributed by atoms with van der Waals surface area (Å²) < 4.78 is 40.8. The maximum Gasteiger partial charge on any atom is 0.223 e. The maximum absolute atomic E-state index is 14.1. The van der Waals surface area contributed by atoms with E-state index in [2.05, 4.69) is 0 Å². The maximum atomic E-state index is 14.1. The van der Waals surface area contributed by atoms with Gasteiger partial charge in [0, 0.05) is 36.4 Å². The third kappa shape index (κ3) is 4.76. The number of nitrogens with zero attached hydrogens (tertiary/aromatic N) is 1. The molecular weight excluding hydrogens is 439 g/mol. The Kier molecular flexibility index (Phi) is 6.60. The molecule has 0 radical (unpaired) electrons. The fourth-order valence-electron chi connectivity index (χ4n) is 4.97. The molecule has 0 aliphatic carbocycles. The molecular formula is C28H26F3NO2. The topological polar surface area (TPSA) is 37.4 Å². The molecule has 1 heterocycles. The number of hydrogen-bond donors (Lipinski definition) is 0. The molecule has 1 amide bonds. The molecule has 0 aromatic heterocycles. The second-order valence-electron chi connectivity index (χ2n) is 9.10. The van der Waals surface area contributed by atoms with E-state index >= 15 is 0 Å². The minimum absolute atomic E-state index is 0.0118. The normalized spacial score (nSPS) is 19.2. The van der Waals surface area contributed by atoms with E-state index in [9.17, 15) is 22.8 Å². The highest BCUT2D eigenvalue weighted by Gasteiger charge is 2.42. The first kappa shape index (κ1) is 23.7. The summed E-state index contributed by atoms with van der Waals surface area (Å²) in [5.74, 6) is -1.70. The average molecular weight is 466 g/mol. The van der Waals surface area contributed by atoms with Gasteiger partial charge in [-0.25, -0.2) is 13.2 Å². The fraction of sp³-hybridized carbons (Fsp3) is 0.286. The standard InChI is InChI=1S/C28H26F3NO2/c1-18(33)16-28(22-7-9-23(29)10-8-22)13-14-32(27(34)17-28)19(2)20-3-5-21(6-4-20)25-12-11-24(30)15-26(25)31/h3-12,15,19H,13-14,16-17H2,1-2H3/t19-,28?/m0/s1. The second kappa shape index (κ2) is 9.45. The number of amides is 1. The lowest BCUT2D eigenvalue weighted by molar-refractivity contribution is -0.139. The molecule has 3 aromatic carbocycles. The Morgan fingerprint density at radius 2 is 1.62 bits per heavy atom. The molecule has 1 aliphatic heterocycles. The van der Waals surface area contributed by atoms with Gasteiger partial charge >= 0.3 is 0 Å². The van der Waals surface area contributed by atoms with Crippen LogP contribution in [0.2, 0.25) is 0 Å². The molecule has 1 saturated heterocycles. The van der Waals surface area contributed by atoms with E-state index in [-0.39, 0.29) is 36.4 Å². The molecule has 2 atom stereocenters. The number of halogens is 3. The average Bonchev–Trinajstić information content (AvgIpc) is 2.79. The van der Waals surface area contributed by atoms with Crippen molar-refractivity contribution in [2.24, 2.45) is 0 Å². The molecule has 0 N–H and O–H groups in total. The van der Waals surface area contributed by atoms with Crippen LogP contribution in [0.15, 0.2) is 66.7 Å². The van der Waals surface area contributed by atoms with E-state index in [0.717, 1.165) is 17.2 Å². The number of carbonyl (C=O) groups is 2. The van der Waals surface area contributed by atoms with Crippen LogP contribution in [0.5, 0.6) is 0 Å². The van der Waals surface area contributed by atoms with Gasteiger partial charge in [-0.1, -0.05) is 36.4 Å². The quantitative estimate of drug-likeness (QED) is 0.424. The third-order valence-electron chi connectivity index (χ3n) is 6.79. The van der Waals surface area contributed by atoms with Crippen LogP contribution in [-0.2, 0) is 15.0 Å². The van der Waals surface area contributed by atoms with Crippen molar-refractivity contribution in [3.8, 4) is 11.1 Å². The molecule has 1 fully saturated rings. The van der Waals surface area contributed by atoms with Crippen LogP contribution in [0.3, 0.4) is 0 Å². The lowest BCUT2D eigenvalue weighted by Crippen LogP contribution is -2.48. The Morgan fingerprint density at radius 1 is 0.971 bits per heavy atom. The van der Waals surface area contributed by atoms with E-state index in [1.54, 1.807) is 29.2 Å². The van der Waals surface area contributed by atoms with Crippen molar-refractivity contribution in [2.45, 2.75) is 44.6 Å². The van der Waals surface area contributed by atoms with Crippen LogP contribution >= 0.6 is 0 Å². The van der Waals surface area contributed by atoms with Crippen molar-refractivity contribution in [3.63, 3.8) is 0 Å². The number of hydrogen-bond acceptors (Lipinski definition) is 2. The zero-order valence-electron chi connectivity index (χ0n) is 19.2. The minimum atomic E-state index is -0.642. The number of benzene rings is 3. The lowest BCUT2D eigenvalue weighted by Gasteiger charge is -2.43. The van der Waals surface area contributed by atoms with Crippen LogP contribution in [-0.4, -0.2) is 23.1 Å². The first-order valence-corrected chi connectivity index (χ1v) is 11.3. The summed E-state index contributed by atoms with van der Waals surface area (Å²) in [5, 5.41) is 0. The van der Waals surface area contributed by atoms with Gasteiger partial charge in [-0.2, -0.15) is 0 Å². The van der Waals surface area contributed by atoms with Crippen molar-refractivity contribution in [1.82, 2.24) is 4.90 Å². The van der Waals surface area contributed by atoms with Gasteiger partial charge in [-0.05, 0) is 61.2 Å². The fourth-order valence-corrected chi connectivity index (χ4v) is 4.97. The van der Waals surface area contributed by atoms with Crippen LogP contribution in [0.4, 0.5) is 13.2 Å². The first-order chi connectivity index (χ1) is 16.2.